The Hall–Kier alpha value is -0.0600. The van der Waals surface area contributed by atoms with Crippen LogP contribution < -0.4 is 5.32 Å². The van der Waals surface area contributed by atoms with Crippen LogP contribution in [0.4, 0.5) is 5.69 Å². The molecule has 7 heteroatoms. The Balaban J connectivity index is 2.85. The van der Waals surface area contributed by atoms with E-state index < -0.39 is 5.91 Å². The number of halogens is 4. The van der Waals surface area contributed by atoms with Gasteiger partial charge in [0, 0.05) is 5.69 Å². The predicted molar refractivity (Wildman–Crippen MR) is 77.3 cm³/mol. The molecule has 0 aliphatic carbocycles. The third kappa shape index (κ3) is 4.27. The van der Waals surface area contributed by atoms with Gasteiger partial charge in [-0.15, -0.1) is 11.8 Å². The lowest BCUT2D eigenvalue weighted by molar-refractivity contribution is -0.112. The Kier molecular flexibility index (Phi) is 5.97. The van der Waals surface area contributed by atoms with Crippen molar-refractivity contribution in [3.05, 3.63) is 37.6 Å². The van der Waals surface area contributed by atoms with E-state index >= 15 is 0 Å². The van der Waals surface area contributed by atoms with Crippen molar-refractivity contribution in [1.29, 1.82) is 0 Å². The van der Waals surface area contributed by atoms with Crippen molar-refractivity contribution in [2.75, 3.05) is 11.6 Å². The highest BCUT2D eigenvalue weighted by Gasteiger charge is 2.12. The molecular weight excluding hydrogens is 324 g/mol. The van der Waals surface area contributed by atoms with Crippen molar-refractivity contribution in [1.82, 2.24) is 0 Å². The number of carbonyl (C=O) groups excluding carboxylic acids is 1. The summed E-state index contributed by atoms with van der Waals surface area (Å²) < 4.78 is 0.226. The van der Waals surface area contributed by atoms with E-state index in [1.165, 1.54) is 17.8 Å². The maximum atomic E-state index is 11.6. The number of amides is 1. The van der Waals surface area contributed by atoms with Crippen molar-refractivity contribution < 1.29 is 4.79 Å². The first kappa shape index (κ1) is 15.0. The lowest BCUT2D eigenvalue weighted by Crippen LogP contribution is -2.11. The van der Waals surface area contributed by atoms with Crippen LogP contribution in [0.1, 0.15) is 0 Å². The van der Waals surface area contributed by atoms with Gasteiger partial charge in [0.2, 0.25) is 0 Å². The highest BCUT2D eigenvalue weighted by molar-refractivity contribution is 8.04. The van der Waals surface area contributed by atoms with Crippen LogP contribution in [0.15, 0.2) is 27.6 Å². The largest absolute Gasteiger partial charge is 0.321 e. The van der Waals surface area contributed by atoms with Gasteiger partial charge < -0.3 is 5.32 Å². The molecule has 1 aromatic rings. The molecule has 0 aromatic heterocycles. The van der Waals surface area contributed by atoms with E-state index in [9.17, 15) is 4.79 Å². The van der Waals surface area contributed by atoms with Crippen LogP contribution in [0.25, 0.3) is 0 Å². The number of hydrogen-bond donors (Lipinski definition) is 1. The average molecular weight is 331 g/mol. The van der Waals surface area contributed by atoms with Crippen LogP contribution in [-0.2, 0) is 4.79 Å². The van der Waals surface area contributed by atoms with Gasteiger partial charge in [0.05, 0.1) is 14.4 Å². The SMILES string of the molecule is CSC(Cl)=C(Cl)C(=O)Nc1ccc(Cl)c(Cl)c1. The fourth-order valence-electron chi connectivity index (χ4n) is 0.939. The minimum absolute atomic E-state index is 0.0646. The first-order valence-corrected chi connectivity index (χ1v) is 7.05. The van der Waals surface area contributed by atoms with Crippen LogP contribution in [0.3, 0.4) is 0 Å². The molecule has 0 heterocycles. The first-order chi connectivity index (χ1) is 7.95. The Morgan fingerprint density at radius 2 is 1.88 bits per heavy atom. The van der Waals surface area contributed by atoms with Crippen LogP contribution in [0.2, 0.25) is 10.0 Å². The van der Waals surface area contributed by atoms with Gasteiger partial charge in [-0.05, 0) is 24.5 Å². The molecule has 0 saturated carbocycles. The summed E-state index contributed by atoms with van der Waals surface area (Å²) >= 11 is 24.2. The van der Waals surface area contributed by atoms with Crippen LogP contribution >= 0.6 is 58.2 Å². The van der Waals surface area contributed by atoms with Gasteiger partial charge in [0.15, 0.2) is 0 Å². The Bertz CT molecular complexity index is 475. The first-order valence-electron chi connectivity index (χ1n) is 4.31. The Morgan fingerprint density at radius 1 is 1.24 bits per heavy atom. The minimum Gasteiger partial charge on any atom is -0.321 e. The van der Waals surface area contributed by atoms with Crippen molar-refractivity contribution >= 4 is 69.8 Å². The second-order valence-electron chi connectivity index (χ2n) is 2.87. The molecule has 0 aliphatic rings. The molecular formula is C10H7Cl4NOS. The zero-order valence-corrected chi connectivity index (χ0v) is 12.4. The maximum Gasteiger partial charge on any atom is 0.269 e. The molecule has 0 unspecified atom stereocenters. The zero-order chi connectivity index (χ0) is 13.0. The fraction of sp³-hybridized carbons (Fsp3) is 0.100. The van der Waals surface area contributed by atoms with E-state index in [1.807, 2.05) is 0 Å². The van der Waals surface area contributed by atoms with E-state index in [2.05, 4.69) is 5.32 Å². The molecule has 0 spiro atoms. The molecule has 0 radical (unpaired) electrons. The van der Waals surface area contributed by atoms with Gasteiger partial charge in [-0.3, -0.25) is 4.79 Å². The average Bonchev–Trinajstić information content (AvgIpc) is 2.31. The Morgan fingerprint density at radius 3 is 2.41 bits per heavy atom. The van der Waals surface area contributed by atoms with Crippen molar-refractivity contribution in [2.24, 2.45) is 0 Å². The van der Waals surface area contributed by atoms with E-state index in [0.717, 1.165) is 0 Å². The second-order valence-corrected chi connectivity index (χ2v) is 5.49. The third-order valence-electron chi connectivity index (χ3n) is 1.73. The van der Waals surface area contributed by atoms with Crippen molar-refractivity contribution in [3.63, 3.8) is 0 Å². The number of benzene rings is 1. The number of anilines is 1. The zero-order valence-electron chi connectivity index (χ0n) is 8.56. The van der Waals surface area contributed by atoms with Gasteiger partial charge in [-0.2, -0.15) is 0 Å². The number of nitrogens with one attached hydrogen (secondary N) is 1. The van der Waals surface area contributed by atoms with E-state index in [1.54, 1.807) is 18.4 Å². The number of thioether (sulfide) groups is 1. The summed E-state index contributed by atoms with van der Waals surface area (Å²) in [5.41, 5.74) is 0.494. The van der Waals surface area contributed by atoms with E-state index in [-0.39, 0.29) is 9.40 Å². The molecule has 1 N–H and O–H groups in total. The van der Waals surface area contributed by atoms with E-state index in [4.69, 9.17) is 46.4 Å². The van der Waals surface area contributed by atoms with Gasteiger partial charge in [-0.1, -0.05) is 46.4 Å². The Labute approximate surface area is 123 Å². The second kappa shape index (κ2) is 6.76. The van der Waals surface area contributed by atoms with Crippen molar-refractivity contribution in [3.8, 4) is 0 Å². The highest BCUT2D eigenvalue weighted by atomic mass is 35.5. The maximum absolute atomic E-state index is 11.6. The molecule has 0 atom stereocenters. The molecule has 1 aromatic carbocycles. The highest BCUT2D eigenvalue weighted by Crippen LogP contribution is 2.27. The molecule has 0 fully saturated rings. The van der Waals surface area contributed by atoms with Crippen LogP contribution in [0.5, 0.6) is 0 Å². The number of carbonyl (C=O) groups is 1. The molecule has 0 saturated heterocycles. The molecule has 2 nitrogen and oxygen atoms in total. The number of hydrogen-bond acceptors (Lipinski definition) is 2. The summed E-state index contributed by atoms with van der Waals surface area (Å²) in [5.74, 6) is -0.496. The molecule has 17 heavy (non-hydrogen) atoms. The van der Waals surface area contributed by atoms with E-state index in [0.29, 0.717) is 15.7 Å². The molecule has 0 aliphatic heterocycles. The van der Waals surface area contributed by atoms with Gasteiger partial charge in [-0.25, -0.2) is 0 Å². The monoisotopic (exact) mass is 329 g/mol. The minimum atomic E-state index is -0.496. The summed E-state index contributed by atoms with van der Waals surface area (Å²) in [6.45, 7) is 0. The third-order valence-corrected chi connectivity index (χ3v) is 4.25. The molecule has 1 rings (SSSR count). The summed E-state index contributed by atoms with van der Waals surface area (Å²) in [6.07, 6.45) is 1.72. The lowest BCUT2D eigenvalue weighted by Gasteiger charge is -2.06. The van der Waals surface area contributed by atoms with Crippen LogP contribution in [0, 0.1) is 0 Å². The molecule has 0 bridgehead atoms. The van der Waals surface area contributed by atoms with Crippen molar-refractivity contribution in [2.45, 2.75) is 0 Å². The van der Waals surface area contributed by atoms with Gasteiger partial charge in [0.1, 0.15) is 5.03 Å². The quantitative estimate of drug-likeness (QED) is 0.795. The van der Waals surface area contributed by atoms with Crippen LogP contribution in [-0.4, -0.2) is 12.2 Å². The molecule has 92 valence electrons. The normalized spacial score (nSPS) is 12.1. The summed E-state index contributed by atoms with van der Waals surface area (Å²) in [7, 11) is 0. The fourth-order valence-corrected chi connectivity index (χ4v) is 1.87. The summed E-state index contributed by atoms with van der Waals surface area (Å²) in [6, 6.07) is 4.72. The lowest BCUT2D eigenvalue weighted by atomic mass is 10.3. The smallest absolute Gasteiger partial charge is 0.269 e. The van der Waals surface area contributed by atoms with Gasteiger partial charge in [0.25, 0.3) is 5.91 Å². The number of rotatable bonds is 3. The summed E-state index contributed by atoms with van der Waals surface area (Å²) in [5, 5.41) is 3.25. The predicted octanol–water partition coefficient (Wildman–Crippen LogP) is 4.94. The molecule has 1 amide bonds. The van der Waals surface area contributed by atoms with Gasteiger partial charge >= 0.3 is 0 Å². The standard InChI is InChI=1S/C10H7Cl4NOS/c1-17-9(14)8(13)10(16)15-5-2-3-6(11)7(12)4-5/h2-4H,1H3,(H,15,16). The summed E-state index contributed by atoms with van der Waals surface area (Å²) in [4.78, 5) is 11.6. The topological polar surface area (TPSA) is 29.1 Å².